The summed E-state index contributed by atoms with van der Waals surface area (Å²) in [4.78, 5) is 4.93. The second kappa shape index (κ2) is 5.19. The normalized spacial score (nSPS) is 18.8. The summed E-state index contributed by atoms with van der Waals surface area (Å²) in [7, 11) is 0. The van der Waals surface area contributed by atoms with Crippen molar-refractivity contribution in [2.75, 3.05) is 19.8 Å². The van der Waals surface area contributed by atoms with Crippen molar-refractivity contribution in [2.45, 2.75) is 38.1 Å². The Labute approximate surface area is 119 Å². The van der Waals surface area contributed by atoms with Crippen LogP contribution in [0.25, 0.3) is 11.0 Å². The number of benzene rings is 1. The third-order valence-corrected chi connectivity index (χ3v) is 4.43. The minimum Gasteiger partial charge on any atom is -0.381 e. The lowest BCUT2D eigenvalue weighted by Gasteiger charge is -2.36. The molecule has 3 rings (SSSR count). The van der Waals surface area contributed by atoms with E-state index in [9.17, 15) is 0 Å². The lowest BCUT2D eigenvalue weighted by Crippen LogP contribution is -2.43. The molecule has 1 aromatic heterocycles. The minimum absolute atomic E-state index is 0.0401. The summed E-state index contributed by atoms with van der Waals surface area (Å²) in [6, 6.07) is 8.73. The topological polar surface area (TPSA) is 53.1 Å². The maximum atomic E-state index is 6.15. The van der Waals surface area contributed by atoms with Gasteiger partial charge in [-0.05, 0) is 38.8 Å². The number of nitrogens with zero attached hydrogens (tertiary/aromatic N) is 2. The fourth-order valence-electron chi connectivity index (χ4n) is 3.22. The molecule has 1 fully saturated rings. The molecule has 20 heavy (non-hydrogen) atoms. The standard InChI is InChI=1S/C16H23N3O/c1-12(2)19-14-6-4-3-5-13(14)18-15(19)16(11-17)7-9-20-10-8-16/h3-6,12H,7-11,17H2,1-2H3. The van der Waals surface area contributed by atoms with Gasteiger partial charge in [-0.25, -0.2) is 4.98 Å². The number of nitrogens with two attached hydrogens (primary N) is 1. The lowest BCUT2D eigenvalue weighted by molar-refractivity contribution is 0.0485. The zero-order chi connectivity index (χ0) is 14.2. The number of hydrogen-bond acceptors (Lipinski definition) is 3. The number of para-hydroxylation sites is 2. The van der Waals surface area contributed by atoms with Crippen molar-refractivity contribution in [1.29, 1.82) is 0 Å². The predicted molar refractivity (Wildman–Crippen MR) is 80.9 cm³/mol. The molecule has 1 aromatic carbocycles. The SMILES string of the molecule is CC(C)n1c(C2(CN)CCOCC2)nc2ccccc21. The van der Waals surface area contributed by atoms with Gasteiger partial charge in [0.25, 0.3) is 0 Å². The largest absolute Gasteiger partial charge is 0.381 e. The zero-order valence-electron chi connectivity index (χ0n) is 12.3. The molecule has 1 aliphatic rings. The Morgan fingerprint density at radius 1 is 1.30 bits per heavy atom. The fourth-order valence-corrected chi connectivity index (χ4v) is 3.22. The number of fused-ring (bicyclic) bond motifs is 1. The molecule has 0 radical (unpaired) electrons. The average Bonchev–Trinajstić information content (AvgIpc) is 2.88. The number of rotatable bonds is 3. The van der Waals surface area contributed by atoms with Crippen molar-refractivity contribution in [1.82, 2.24) is 9.55 Å². The highest BCUT2D eigenvalue weighted by Crippen LogP contribution is 2.36. The van der Waals surface area contributed by atoms with Gasteiger partial charge in [-0.15, -0.1) is 0 Å². The van der Waals surface area contributed by atoms with E-state index in [1.165, 1.54) is 5.52 Å². The molecule has 0 amide bonds. The van der Waals surface area contributed by atoms with Crippen LogP contribution in [0.15, 0.2) is 24.3 Å². The summed E-state index contributed by atoms with van der Waals surface area (Å²) in [6.45, 7) is 6.60. The first-order valence-corrected chi connectivity index (χ1v) is 7.43. The molecule has 0 saturated carbocycles. The smallest absolute Gasteiger partial charge is 0.117 e. The third kappa shape index (κ3) is 2.03. The Balaban J connectivity index is 2.21. The Kier molecular flexibility index (Phi) is 3.52. The number of ether oxygens (including phenoxy) is 1. The van der Waals surface area contributed by atoms with Gasteiger partial charge in [0.1, 0.15) is 5.82 Å². The van der Waals surface area contributed by atoms with Gasteiger partial charge < -0.3 is 15.0 Å². The Hall–Kier alpha value is -1.39. The zero-order valence-corrected chi connectivity index (χ0v) is 12.3. The average molecular weight is 273 g/mol. The van der Waals surface area contributed by atoms with Crippen molar-refractivity contribution in [2.24, 2.45) is 5.73 Å². The molecular formula is C16H23N3O. The Bertz CT molecular complexity index is 597. The van der Waals surface area contributed by atoms with Gasteiger partial charge >= 0.3 is 0 Å². The van der Waals surface area contributed by atoms with Crippen molar-refractivity contribution in [3.8, 4) is 0 Å². The van der Waals surface area contributed by atoms with Crippen LogP contribution < -0.4 is 5.73 Å². The third-order valence-electron chi connectivity index (χ3n) is 4.43. The molecule has 0 atom stereocenters. The summed E-state index contributed by atoms with van der Waals surface area (Å²) in [5.74, 6) is 1.14. The minimum atomic E-state index is -0.0401. The molecule has 2 aromatic rings. The molecule has 1 saturated heterocycles. The van der Waals surface area contributed by atoms with E-state index in [1.54, 1.807) is 0 Å². The van der Waals surface area contributed by atoms with Gasteiger partial charge in [0.15, 0.2) is 0 Å². The van der Waals surface area contributed by atoms with Gasteiger partial charge in [0, 0.05) is 31.2 Å². The van der Waals surface area contributed by atoms with E-state index in [0.29, 0.717) is 12.6 Å². The highest BCUT2D eigenvalue weighted by Gasteiger charge is 2.38. The predicted octanol–water partition coefficient (Wildman–Crippen LogP) is 2.62. The molecule has 0 bridgehead atoms. The van der Waals surface area contributed by atoms with Crippen LogP contribution in [-0.2, 0) is 10.2 Å². The van der Waals surface area contributed by atoms with Crippen LogP contribution in [0.5, 0.6) is 0 Å². The van der Waals surface area contributed by atoms with Crippen LogP contribution in [-0.4, -0.2) is 29.3 Å². The molecule has 2 heterocycles. The maximum Gasteiger partial charge on any atom is 0.117 e. The summed E-state index contributed by atoms with van der Waals surface area (Å²) in [6.07, 6.45) is 1.92. The quantitative estimate of drug-likeness (QED) is 0.935. The second-order valence-corrected chi connectivity index (χ2v) is 5.98. The number of imidazole rings is 1. The molecule has 4 heteroatoms. The molecule has 108 valence electrons. The van der Waals surface area contributed by atoms with E-state index in [2.05, 4.69) is 36.6 Å². The van der Waals surface area contributed by atoms with Crippen LogP contribution in [0, 0.1) is 0 Å². The fraction of sp³-hybridized carbons (Fsp3) is 0.562. The highest BCUT2D eigenvalue weighted by molar-refractivity contribution is 5.76. The second-order valence-electron chi connectivity index (χ2n) is 5.98. The van der Waals surface area contributed by atoms with Gasteiger partial charge in [-0.3, -0.25) is 0 Å². The van der Waals surface area contributed by atoms with Gasteiger partial charge in [0.05, 0.1) is 11.0 Å². The first kappa shape index (κ1) is 13.6. The molecule has 4 nitrogen and oxygen atoms in total. The molecule has 0 spiro atoms. The van der Waals surface area contributed by atoms with Gasteiger partial charge in [-0.1, -0.05) is 12.1 Å². The Morgan fingerprint density at radius 3 is 2.65 bits per heavy atom. The van der Waals surface area contributed by atoms with Crippen molar-refractivity contribution < 1.29 is 4.74 Å². The Morgan fingerprint density at radius 2 is 2.00 bits per heavy atom. The monoisotopic (exact) mass is 273 g/mol. The molecule has 1 aliphatic heterocycles. The van der Waals surface area contributed by atoms with Gasteiger partial charge in [0.2, 0.25) is 0 Å². The molecular weight excluding hydrogens is 250 g/mol. The van der Waals surface area contributed by atoms with Crippen LogP contribution in [0.4, 0.5) is 0 Å². The summed E-state index contributed by atoms with van der Waals surface area (Å²) in [5, 5.41) is 0. The highest BCUT2D eigenvalue weighted by atomic mass is 16.5. The van der Waals surface area contributed by atoms with Crippen LogP contribution in [0.1, 0.15) is 38.6 Å². The van der Waals surface area contributed by atoms with Crippen LogP contribution in [0.2, 0.25) is 0 Å². The summed E-state index contributed by atoms with van der Waals surface area (Å²) in [5.41, 5.74) is 8.38. The molecule has 0 unspecified atom stereocenters. The van der Waals surface area contributed by atoms with E-state index in [4.69, 9.17) is 15.5 Å². The van der Waals surface area contributed by atoms with Gasteiger partial charge in [-0.2, -0.15) is 0 Å². The number of hydrogen-bond donors (Lipinski definition) is 1. The van der Waals surface area contributed by atoms with E-state index >= 15 is 0 Å². The molecule has 0 aliphatic carbocycles. The summed E-state index contributed by atoms with van der Waals surface area (Å²) < 4.78 is 7.88. The first-order chi connectivity index (χ1) is 9.68. The van der Waals surface area contributed by atoms with Crippen molar-refractivity contribution >= 4 is 11.0 Å². The van der Waals surface area contributed by atoms with Crippen LogP contribution >= 0.6 is 0 Å². The maximum absolute atomic E-state index is 6.15. The number of aromatic nitrogens is 2. The van der Waals surface area contributed by atoms with E-state index < -0.39 is 0 Å². The van der Waals surface area contributed by atoms with E-state index in [0.717, 1.165) is 37.4 Å². The molecule has 2 N–H and O–H groups in total. The van der Waals surface area contributed by atoms with E-state index in [-0.39, 0.29) is 5.41 Å². The lowest BCUT2D eigenvalue weighted by atomic mass is 9.79. The van der Waals surface area contributed by atoms with Crippen molar-refractivity contribution in [3.63, 3.8) is 0 Å². The summed E-state index contributed by atoms with van der Waals surface area (Å²) >= 11 is 0. The van der Waals surface area contributed by atoms with E-state index in [1.807, 2.05) is 6.07 Å². The van der Waals surface area contributed by atoms with Crippen LogP contribution in [0.3, 0.4) is 0 Å². The van der Waals surface area contributed by atoms with Crippen molar-refractivity contribution in [3.05, 3.63) is 30.1 Å². The first-order valence-electron chi connectivity index (χ1n) is 7.43.